The maximum Gasteiger partial charge on any atom is 0.311 e. The third-order valence-corrected chi connectivity index (χ3v) is 3.93. The average molecular weight is 276 g/mol. The number of amides is 1. The second-order valence-corrected chi connectivity index (χ2v) is 5.23. The van der Waals surface area contributed by atoms with Crippen molar-refractivity contribution in [2.75, 3.05) is 26.8 Å². The van der Waals surface area contributed by atoms with Crippen LogP contribution in [0, 0.1) is 18.8 Å². The van der Waals surface area contributed by atoms with E-state index in [9.17, 15) is 9.59 Å². The van der Waals surface area contributed by atoms with E-state index in [1.54, 1.807) is 17.2 Å². The second-order valence-electron chi connectivity index (χ2n) is 5.23. The summed E-state index contributed by atoms with van der Waals surface area (Å²) in [5.41, 5.74) is 1.25. The molecule has 2 saturated heterocycles. The van der Waals surface area contributed by atoms with E-state index in [2.05, 4.69) is 4.98 Å². The summed E-state index contributed by atoms with van der Waals surface area (Å²) in [6.45, 7) is 3.22. The van der Waals surface area contributed by atoms with Crippen molar-refractivity contribution in [3.8, 4) is 5.75 Å². The SMILES string of the molecule is COc1cnc(C)cc1C(=O)N1C[C@@H]2COC(=O)[C@@H]2C1. The van der Waals surface area contributed by atoms with Gasteiger partial charge in [-0.1, -0.05) is 0 Å². The summed E-state index contributed by atoms with van der Waals surface area (Å²) in [5.74, 6) is 0.103. The highest BCUT2D eigenvalue weighted by atomic mass is 16.5. The number of rotatable bonds is 2. The van der Waals surface area contributed by atoms with Crippen molar-refractivity contribution in [3.05, 3.63) is 23.5 Å². The van der Waals surface area contributed by atoms with E-state index in [0.717, 1.165) is 5.69 Å². The van der Waals surface area contributed by atoms with Crippen LogP contribution in [0.2, 0.25) is 0 Å². The maximum atomic E-state index is 12.6. The van der Waals surface area contributed by atoms with Gasteiger partial charge in [-0.15, -0.1) is 0 Å². The van der Waals surface area contributed by atoms with E-state index in [1.165, 1.54) is 7.11 Å². The number of carbonyl (C=O) groups excluding carboxylic acids is 2. The number of hydrogen-bond donors (Lipinski definition) is 0. The van der Waals surface area contributed by atoms with Crippen LogP contribution in [0.25, 0.3) is 0 Å². The highest BCUT2D eigenvalue weighted by Gasteiger charge is 2.45. The van der Waals surface area contributed by atoms with Gasteiger partial charge in [-0.3, -0.25) is 14.6 Å². The molecule has 0 radical (unpaired) electrons. The topological polar surface area (TPSA) is 68.7 Å². The first-order chi connectivity index (χ1) is 9.60. The fourth-order valence-corrected chi connectivity index (χ4v) is 2.82. The zero-order valence-corrected chi connectivity index (χ0v) is 11.5. The van der Waals surface area contributed by atoms with E-state index in [0.29, 0.717) is 31.0 Å². The van der Waals surface area contributed by atoms with Crippen LogP contribution in [0.5, 0.6) is 5.75 Å². The number of aryl methyl sites for hydroxylation is 1. The van der Waals surface area contributed by atoms with Crippen molar-refractivity contribution in [1.29, 1.82) is 0 Å². The van der Waals surface area contributed by atoms with Crippen molar-refractivity contribution in [3.63, 3.8) is 0 Å². The van der Waals surface area contributed by atoms with Crippen LogP contribution >= 0.6 is 0 Å². The molecule has 3 heterocycles. The summed E-state index contributed by atoms with van der Waals surface area (Å²) < 4.78 is 10.2. The molecule has 2 aliphatic rings. The number of carbonyl (C=O) groups is 2. The van der Waals surface area contributed by atoms with Gasteiger partial charge in [0.1, 0.15) is 5.75 Å². The van der Waals surface area contributed by atoms with Gasteiger partial charge in [-0.2, -0.15) is 0 Å². The molecular formula is C14H16N2O4. The zero-order valence-electron chi connectivity index (χ0n) is 11.5. The number of nitrogens with zero attached hydrogens (tertiary/aromatic N) is 2. The van der Waals surface area contributed by atoms with Crippen LogP contribution in [0.4, 0.5) is 0 Å². The fraction of sp³-hybridized carbons (Fsp3) is 0.500. The zero-order chi connectivity index (χ0) is 14.3. The Kier molecular flexibility index (Phi) is 3.08. The number of pyridine rings is 1. The largest absolute Gasteiger partial charge is 0.494 e. The Bertz CT molecular complexity index is 572. The monoisotopic (exact) mass is 276 g/mol. The van der Waals surface area contributed by atoms with E-state index in [1.807, 2.05) is 6.92 Å². The molecule has 0 aliphatic carbocycles. The molecule has 1 amide bonds. The molecule has 6 heteroatoms. The normalized spacial score (nSPS) is 24.5. The quantitative estimate of drug-likeness (QED) is 0.742. The average Bonchev–Trinajstić information content (AvgIpc) is 3.00. The molecule has 3 rings (SSSR count). The number of aromatic nitrogens is 1. The lowest BCUT2D eigenvalue weighted by molar-refractivity contribution is -0.141. The first-order valence-electron chi connectivity index (χ1n) is 6.56. The van der Waals surface area contributed by atoms with Crippen molar-refractivity contribution in [2.45, 2.75) is 6.92 Å². The van der Waals surface area contributed by atoms with Gasteiger partial charge in [0, 0.05) is 24.7 Å². The Morgan fingerprint density at radius 3 is 3.00 bits per heavy atom. The van der Waals surface area contributed by atoms with E-state index < -0.39 is 0 Å². The van der Waals surface area contributed by atoms with E-state index in [-0.39, 0.29) is 23.7 Å². The number of esters is 1. The first kappa shape index (κ1) is 12.9. The Morgan fingerprint density at radius 2 is 2.30 bits per heavy atom. The molecule has 2 aliphatic heterocycles. The third kappa shape index (κ3) is 2.01. The molecule has 2 fully saturated rings. The summed E-state index contributed by atoms with van der Waals surface area (Å²) in [4.78, 5) is 29.9. The van der Waals surface area contributed by atoms with Gasteiger partial charge in [-0.25, -0.2) is 0 Å². The summed E-state index contributed by atoms with van der Waals surface area (Å²) >= 11 is 0. The van der Waals surface area contributed by atoms with Crippen LogP contribution in [0.3, 0.4) is 0 Å². The molecule has 0 aromatic carbocycles. The van der Waals surface area contributed by atoms with Crippen LogP contribution in [0.15, 0.2) is 12.3 Å². The molecule has 0 unspecified atom stereocenters. The van der Waals surface area contributed by atoms with Gasteiger partial charge in [0.05, 0.1) is 31.4 Å². The van der Waals surface area contributed by atoms with Gasteiger partial charge >= 0.3 is 5.97 Å². The van der Waals surface area contributed by atoms with Crippen LogP contribution in [-0.4, -0.2) is 48.6 Å². The Morgan fingerprint density at radius 1 is 1.50 bits per heavy atom. The minimum atomic E-state index is -0.192. The standard InChI is InChI=1S/C14H16N2O4/c1-8-3-10(12(19-2)4-15-8)13(17)16-5-9-7-20-14(18)11(9)6-16/h3-4,9,11H,5-7H2,1-2H3/t9-,11-/m1/s1. The van der Waals surface area contributed by atoms with Crippen molar-refractivity contribution in [2.24, 2.45) is 11.8 Å². The molecule has 2 atom stereocenters. The smallest absolute Gasteiger partial charge is 0.311 e. The Balaban J connectivity index is 1.84. The molecule has 6 nitrogen and oxygen atoms in total. The lowest BCUT2D eigenvalue weighted by Gasteiger charge is -2.18. The van der Waals surface area contributed by atoms with Gasteiger partial charge in [-0.05, 0) is 13.0 Å². The van der Waals surface area contributed by atoms with Crippen molar-refractivity contribution < 1.29 is 19.1 Å². The number of ether oxygens (including phenoxy) is 2. The minimum absolute atomic E-state index is 0.116. The summed E-state index contributed by atoms with van der Waals surface area (Å²) in [5, 5.41) is 0. The predicted octanol–water partition coefficient (Wildman–Crippen LogP) is 0.644. The van der Waals surface area contributed by atoms with Gasteiger partial charge in [0.2, 0.25) is 0 Å². The summed E-state index contributed by atoms with van der Waals surface area (Å²) in [6.07, 6.45) is 1.55. The number of cyclic esters (lactones) is 1. The van der Waals surface area contributed by atoms with Crippen LogP contribution in [0.1, 0.15) is 16.1 Å². The maximum absolute atomic E-state index is 12.6. The second kappa shape index (κ2) is 4.77. The molecule has 20 heavy (non-hydrogen) atoms. The van der Waals surface area contributed by atoms with Crippen molar-refractivity contribution in [1.82, 2.24) is 9.88 Å². The highest BCUT2D eigenvalue weighted by molar-refractivity contribution is 5.97. The number of hydrogen-bond acceptors (Lipinski definition) is 5. The number of likely N-dealkylation sites (tertiary alicyclic amines) is 1. The van der Waals surface area contributed by atoms with Crippen LogP contribution < -0.4 is 4.74 Å². The molecule has 0 spiro atoms. The first-order valence-corrected chi connectivity index (χ1v) is 6.56. The lowest BCUT2D eigenvalue weighted by atomic mass is 10.0. The lowest BCUT2D eigenvalue weighted by Crippen LogP contribution is -2.31. The molecule has 1 aromatic heterocycles. The highest BCUT2D eigenvalue weighted by Crippen LogP contribution is 2.32. The number of methoxy groups -OCH3 is 1. The molecule has 0 bridgehead atoms. The Hall–Kier alpha value is -2.11. The third-order valence-electron chi connectivity index (χ3n) is 3.93. The summed E-state index contributed by atoms with van der Waals surface area (Å²) in [6, 6.07) is 1.72. The summed E-state index contributed by atoms with van der Waals surface area (Å²) in [7, 11) is 1.51. The Labute approximate surface area is 116 Å². The van der Waals surface area contributed by atoms with Gasteiger partial charge < -0.3 is 14.4 Å². The van der Waals surface area contributed by atoms with Crippen molar-refractivity contribution >= 4 is 11.9 Å². The predicted molar refractivity (Wildman–Crippen MR) is 69.4 cm³/mol. The molecule has 0 N–H and O–H groups in total. The van der Waals surface area contributed by atoms with Gasteiger partial charge in [0.25, 0.3) is 5.91 Å². The molecular weight excluding hydrogens is 260 g/mol. The van der Waals surface area contributed by atoms with E-state index >= 15 is 0 Å². The van der Waals surface area contributed by atoms with Crippen LogP contribution in [-0.2, 0) is 9.53 Å². The molecule has 1 aromatic rings. The fourth-order valence-electron chi connectivity index (χ4n) is 2.82. The molecule has 0 saturated carbocycles. The van der Waals surface area contributed by atoms with Gasteiger partial charge in [0.15, 0.2) is 0 Å². The molecule has 106 valence electrons. The minimum Gasteiger partial charge on any atom is -0.494 e. The number of fused-ring (bicyclic) bond motifs is 1. The van der Waals surface area contributed by atoms with E-state index in [4.69, 9.17) is 9.47 Å².